The molecule has 1 unspecified atom stereocenters. The van der Waals surface area contributed by atoms with E-state index in [0.29, 0.717) is 19.0 Å². The molecule has 1 saturated heterocycles. The molecular formula is C10H17NO4. The Balaban J connectivity index is 2.56. The summed E-state index contributed by atoms with van der Waals surface area (Å²) in [7, 11) is 0. The quantitative estimate of drug-likeness (QED) is 0.719. The molecule has 86 valence electrons. The number of carboxylic acids is 2. The van der Waals surface area contributed by atoms with Crippen molar-refractivity contribution in [3.05, 3.63) is 0 Å². The number of piperidine rings is 1. The summed E-state index contributed by atoms with van der Waals surface area (Å²) >= 11 is 0. The van der Waals surface area contributed by atoms with Crippen LogP contribution >= 0.6 is 0 Å². The normalized spacial score (nSPS) is 21.1. The summed E-state index contributed by atoms with van der Waals surface area (Å²) < 4.78 is 0. The largest absolute Gasteiger partial charge is 0.481 e. The van der Waals surface area contributed by atoms with Gasteiger partial charge in [0.2, 0.25) is 0 Å². The molecule has 0 saturated carbocycles. The standard InChI is InChI=1S/C10H17NO4/c1-7-2-4-11(5-3-7)8(10(14)15)6-9(12)13/h7-8H,2-6H2,1H3,(H,12,13)(H,14,15). The zero-order chi connectivity index (χ0) is 11.4. The predicted molar refractivity (Wildman–Crippen MR) is 53.6 cm³/mol. The first kappa shape index (κ1) is 12.0. The highest BCUT2D eigenvalue weighted by Gasteiger charge is 2.30. The molecule has 1 aliphatic rings. The van der Waals surface area contributed by atoms with E-state index in [1.165, 1.54) is 0 Å². The van der Waals surface area contributed by atoms with Gasteiger partial charge in [-0.2, -0.15) is 0 Å². The van der Waals surface area contributed by atoms with Crippen molar-refractivity contribution in [2.24, 2.45) is 5.92 Å². The first-order valence-electron chi connectivity index (χ1n) is 5.19. The number of likely N-dealkylation sites (tertiary alicyclic amines) is 1. The number of carboxylic acid groups (broad SMARTS) is 2. The van der Waals surface area contributed by atoms with Crippen LogP contribution in [0.15, 0.2) is 0 Å². The van der Waals surface area contributed by atoms with Gasteiger partial charge in [0.25, 0.3) is 0 Å². The number of hydrogen-bond donors (Lipinski definition) is 2. The average Bonchev–Trinajstić information content (AvgIpc) is 2.15. The second kappa shape index (κ2) is 5.11. The Morgan fingerprint density at radius 3 is 2.27 bits per heavy atom. The number of nitrogens with zero attached hydrogens (tertiary/aromatic N) is 1. The van der Waals surface area contributed by atoms with Crippen LogP contribution in [0.2, 0.25) is 0 Å². The molecule has 1 atom stereocenters. The molecule has 1 heterocycles. The number of carbonyl (C=O) groups is 2. The summed E-state index contributed by atoms with van der Waals surface area (Å²) in [5.41, 5.74) is 0. The molecule has 0 aromatic carbocycles. The second-order valence-corrected chi connectivity index (χ2v) is 4.17. The molecule has 0 aromatic heterocycles. The van der Waals surface area contributed by atoms with Crippen LogP contribution in [0.3, 0.4) is 0 Å². The second-order valence-electron chi connectivity index (χ2n) is 4.17. The molecule has 0 bridgehead atoms. The lowest BCUT2D eigenvalue weighted by molar-refractivity contribution is -0.150. The minimum Gasteiger partial charge on any atom is -0.481 e. The van der Waals surface area contributed by atoms with Crippen molar-refractivity contribution in [1.82, 2.24) is 4.90 Å². The highest BCUT2D eigenvalue weighted by atomic mass is 16.4. The zero-order valence-electron chi connectivity index (χ0n) is 8.85. The zero-order valence-corrected chi connectivity index (χ0v) is 8.85. The Hall–Kier alpha value is -1.10. The molecule has 5 nitrogen and oxygen atoms in total. The number of rotatable bonds is 4. The van der Waals surface area contributed by atoms with E-state index in [4.69, 9.17) is 10.2 Å². The summed E-state index contributed by atoms with van der Waals surface area (Å²) in [6.45, 7) is 3.50. The Bertz CT molecular complexity index is 246. The minimum atomic E-state index is -1.05. The van der Waals surface area contributed by atoms with Crippen LogP contribution in [0.5, 0.6) is 0 Å². The monoisotopic (exact) mass is 215 g/mol. The molecule has 1 aliphatic heterocycles. The van der Waals surface area contributed by atoms with Gasteiger partial charge in [-0.1, -0.05) is 6.92 Å². The van der Waals surface area contributed by atoms with Gasteiger partial charge < -0.3 is 10.2 Å². The Morgan fingerprint density at radius 2 is 1.87 bits per heavy atom. The Kier molecular flexibility index (Phi) is 4.08. The van der Waals surface area contributed by atoms with E-state index in [2.05, 4.69) is 6.92 Å². The molecule has 2 N–H and O–H groups in total. The fourth-order valence-corrected chi connectivity index (χ4v) is 1.88. The van der Waals surface area contributed by atoms with E-state index >= 15 is 0 Å². The summed E-state index contributed by atoms with van der Waals surface area (Å²) in [4.78, 5) is 23.2. The lowest BCUT2D eigenvalue weighted by Crippen LogP contribution is -2.46. The lowest BCUT2D eigenvalue weighted by Gasteiger charge is -2.33. The summed E-state index contributed by atoms with van der Waals surface area (Å²) in [6, 6.07) is -0.866. The van der Waals surface area contributed by atoms with Crippen LogP contribution < -0.4 is 0 Å². The maximum atomic E-state index is 10.9. The van der Waals surface area contributed by atoms with Crippen molar-refractivity contribution in [2.75, 3.05) is 13.1 Å². The molecule has 0 aromatic rings. The fourth-order valence-electron chi connectivity index (χ4n) is 1.88. The van der Waals surface area contributed by atoms with E-state index in [-0.39, 0.29) is 6.42 Å². The molecule has 0 spiro atoms. The third-order valence-electron chi connectivity index (χ3n) is 2.91. The van der Waals surface area contributed by atoms with Gasteiger partial charge in [0, 0.05) is 0 Å². The predicted octanol–water partition coefficient (Wildman–Crippen LogP) is 0.646. The van der Waals surface area contributed by atoms with Crippen LogP contribution in [0.1, 0.15) is 26.2 Å². The van der Waals surface area contributed by atoms with E-state index in [1.54, 1.807) is 4.90 Å². The molecule has 15 heavy (non-hydrogen) atoms. The van der Waals surface area contributed by atoms with Crippen LogP contribution in [0.25, 0.3) is 0 Å². The van der Waals surface area contributed by atoms with E-state index in [0.717, 1.165) is 12.8 Å². The van der Waals surface area contributed by atoms with Gasteiger partial charge in [0.15, 0.2) is 0 Å². The maximum absolute atomic E-state index is 10.9. The molecule has 1 fully saturated rings. The molecule has 0 radical (unpaired) electrons. The van der Waals surface area contributed by atoms with Crippen LogP contribution in [-0.4, -0.2) is 46.2 Å². The van der Waals surface area contributed by atoms with Crippen molar-refractivity contribution >= 4 is 11.9 Å². The van der Waals surface area contributed by atoms with Crippen molar-refractivity contribution in [1.29, 1.82) is 0 Å². The van der Waals surface area contributed by atoms with Gasteiger partial charge in [-0.25, -0.2) is 0 Å². The SMILES string of the molecule is CC1CCN(C(CC(=O)O)C(=O)O)CC1. The fraction of sp³-hybridized carbons (Fsp3) is 0.800. The average molecular weight is 215 g/mol. The highest BCUT2D eigenvalue weighted by molar-refractivity contribution is 5.80. The first-order chi connectivity index (χ1) is 7.00. The smallest absolute Gasteiger partial charge is 0.321 e. The van der Waals surface area contributed by atoms with Crippen LogP contribution in [0, 0.1) is 5.92 Å². The lowest BCUT2D eigenvalue weighted by atomic mass is 9.97. The van der Waals surface area contributed by atoms with E-state index in [9.17, 15) is 9.59 Å². The molecule has 1 rings (SSSR count). The van der Waals surface area contributed by atoms with E-state index in [1.807, 2.05) is 0 Å². The third-order valence-corrected chi connectivity index (χ3v) is 2.91. The highest BCUT2D eigenvalue weighted by Crippen LogP contribution is 2.19. The van der Waals surface area contributed by atoms with Crippen molar-refractivity contribution in [3.8, 4) is 0 Å². The first-order valence-corrected chi connectivity index (χ1v) is 5.19. The van der Waals surface area contributed by atoms with Gasteiger partial charge in [0.05, 0.1) is 6.42 Å². The third kappa shape index (κ3) is 3.51. The number of aliphatic carboxylic acids is 2. The van der Waals surface area contributed by atoms with Crippen LogP contribution in [0.4, 0.5) is 0 Å². The van der Waals surface area contributed by atoms with Crippen molar-refractivity contribution in [2.45, 2.75) is 32.2 Å². The van der Waals surface area contributed by atoms with E-state index < -0.39 is 18.0 Å². The molecule has 5 heteroatoms. The summed E-state index contributed by atoms with van der Waals surface area (Å²) in [5.74, 6) is -1.48. The molecule has 0 amide bonds. The van der Waals surface area contributed by atoms with Crippen molar-refractivity contribution < 1.29 is 19.8 Å². The Morgan fingerprint density at radius 1 is 1.33 bits per heavy atom. The minimum absolute atomic E-state index is 0.316. The van der Waals surface area contributed by atoms with Gasteiger partial charge in [-0.05, 0) is 31.8 Å². The summed E-state index contributed by atoms with van der Waals surface area (Å²) in [6.07, 6.45) is 1.58. The van der Waals surface area contributed by atoms with Gasteiger partial charge in [-0.15, -0.1) is 0 Å². The van der Waals surface area contributed by atoms with Crippen LogP contribution in [-0.2, 0) is 9.59 Å². The van der Waals surface area contributed by atoms with Gasteiger partial charge >= 0.3 is 11.9 Å². The summed E-state index contributed by atoms with van der Waals surface area (Å²) in [5, 5.41) is 17.6. The topological polar surface area (TPSA) is 77.8 Å². The molecule has 0 aliphatic carbocycles. The van der Waals surface area contributed by atoms with Gasteiger partial charge in [0.1, 0.15) is 6.04 Å². The van der Waals surface area contributed by atoms with Gasteiger partial charge in [-0.3, -0.25) is 14.5 Å². The molecular weight excluding hydrogens is 198 g/mol. The van der Waals surface area contributed by atoms with Crippen molar-refractivity contribution in [3.63, 3.8) is 0 Å². The Labute approximate surface area is 88.7 Å². The number of hydrogen-bond acceptors (Lipinski definition) is 3. The maximum Gasteiger partial charge on any atom is 0.321 e.